The SMILES string of the molecule is CC(C)(CO)C1CC2CCC1O2. The minimum absolute atomic E-state index is 0.0554. The number of hydrogen-bond acceptors (Lipinski definition) is 2. The van der Waals surface area contributed by atoms with Gasteiger partial charge in [-0.3, -0.25) is 0 Å². The fourth-order valence-electron chi connectivity index (χ4n) is 2.58. The molecule has 2 aliphatic heterocycles. The van der Waals surface area contributed by atoms with Gasteiger partial charge in [-0.1, -0.05) is 13.8 Å². The van der Waals surface area contributed by atoms with E-state index in [0.29, 0.717) is 18.1 Å². The van der Waals surface area contributed by atoms with E-state index in [2.05, 4.69) is 13.8 Å². The predicted molar refractivity (Wildman–Crippen MR) is 46.9 cm³/mol. The Labute approximate surface area is 73.9 Å². The van der Waals surface area contributed by atoms with Gasteiger partial charge in [0.05, 0.1) is 12.2 Å². The molecule has 12 heavy (non-hydrogen) atoms. The lowest BCUT2D eigenvalue weighted by molar-refractivity contribution is 0.0347. The highest BCUT2D eigenvalue weighted by Gasteiger charge is 2.47. The fourth-order valence-corrected chi connectivity index (χ4v) is 2.58. The van der Waals surface area contributed by atoms with Gasteiger partial charge >= 0.3 is 0 Å². The molecule has 2 nitrogen and oxygen atoms in total. The van der Waals surface area contributed by atoms with E-state index in [4.69, 9.17) is 4.74 Å². The van der Waals surface area contributed by atoms with Crippen molar-refractivity contribution in [1.29, 1.82) is 0 Å². The highest BCUT2D eigenvalue weighted by molar-refractivity contribution is 4.95. The molecule has 2 rings (SSSR count). The lowest BCUT2D eigenvalue weighted by Crippen LogP contribution is -2.34. The smallest absolute Gasteiger partial charge is 0.0614 e. The van der Waals surface area contributed by atoms with Gasteiger partial charge in [0, 0.05) is 6.61 Å². The maximum Gasteiger partial charge on any atom is 0.0614 e. The van der Waals surface area contributed by atoms with Crippen molar-refractivity contribution in [3.05, 3.63) is 0 Å². The van der Waals surface area contributed by atoms with Crippen molar-refractivity contribution in [3.8, 4) is 0 Å². The zero-order chi connectivity index (χ0) is 8.77. The second-order valence-electron chi connectivity index (χ2n) is 4.86. The van der Waals surface area contributed by atoms with E-state index in [1.165, 1.54) is 12.8 Å². The van der Waals surface area contributed by atoms with Crippen molar-refractivity contribution in [2.45, 2.75) is 45.3 Å². The summed E-state index contributed by atoms with van der Waals surface area (Å²) in [5.74, 6) is 0.584. The third-order valence-corrected chi connectivity index (χ3v) is 3.52. The first-order valence-corrected chi connectivity index (χ1v) is 4.90. The number of ether oxygens (including phenoxy) is 1. The van der Waals surface area contributed by atoms with E-state index in [-0.39, 0.29) is 12.0 Å². The summed E-state index contributed by atoms with van der Waals surface area (Å²) in [6.07, 6.45) is 4.56. The summed E-state index contributed by atoms with van der Waals surface area (Å²) in [5, 5.41) is 9.23. The molecule has 2 aliphatic rings. The lowest BCUT2D eigenvalue weighted by Gasteiger charge is -2.33. The van der Waals surface area contributed by atoms with Gasteiger partial charge in [0.1, 0.15) is 0 Å². The topological polar surface area (TPSA) is 29.5 Å². The summed E-state index contributed by atoms with van der Waals surface area (Å²) >= 11 is 0. The van der Waals surface area contributed by atoms with Crippen molar-refractivity contribution in [2.24, 2.45) is 11.3 Å². The van der Waals surface area contributed by atoms with Crippen LogP contribution in [0, 0.1) is 11.3 Å². The van der Waals surface area contributed by atoms with Crippen LogP contribution in [0.4, 0.5) is 0 Å². The zero-order valence-electron chi connectivity index (χ0n) is 7.92. The molecule has 0 amide bonds. The van der Waals surface area contributed by atoms with Gasteiger partial charge in [-0.2, -0.15) is 0 Å². The Hall–Kier alpha value is -0.0800. The molecule has 2 bridgehead atoms. The van der Waals surface area contributed by atoms with Crippen LogP contribution in [0.5, 0.6) is 0 Å². The maximum absolute atomic E-state index is 9.23. The normalized spacial score (nSPS) is 40.8. The van der Waals surface area contributed by atoms with Crippen LogP contribution in [-0.4, -0.2) is 23.9 Å². The minimum Gasteiger partial charge on any atom is -0.396 e. The highest BCUT2D eigenvalue weighted by atomic mass is 16.5. The van der Waals surface area contributed by atoms with Gasteiger partial charge in [0.25, 0.3) is 0 Å². The molecular weight excluding hydrogens is 152 g/mol. The number of aliphatic hydroxyl groups excluding tert-OH is 1. The summed E-state index contributed by atoms with van der Waals surface area (Å²) in [7, 11) is 0. The highest BCUT2D eigenvalue weighted by Crippen LogP contribution is 2.46. The van der Waals surface area contributed by atoms with E-state index in [1.54, 1.807) is 0 Å². The summed E-state index contributed by atoms with van der Waals surface area (Å²) < 4.78 is 5.76. The lowest BCUT2D eigenvalue weighted by atomic mass is 9.71. The third kappa shape index (κ3) is 1.17. The second-order valence-corrected chi connectivity index (χ2v) is 4.86. The Balaban J connectivity index is 2.06. The van der Waals surface area contributed by atoms with Crippen molar-refractivity contribution in [1.82, 2.24) is 0 Å². The van der Waals surface area contributed by atoms with Gasteiger partial charge in [0.15, 0.2) is 0 Å². The molecule has 0 aromatic heterocycles. The molecule has 0 saturated carbocycles. The monoisotopic (exact) mass is 170 g/mol. The maximum atomic E-state index is 9.23. The molecule has 3 atom stereocenters. The Kier molecular flexibility index (Phi) is 1.92. The van der Waals surface area contributed by atoms with Crippen LogP contribution < -0.4 is 0 Å². The van der Waals surface area contributed by atoms with E-state index in [1.807, 2.05) is 0 Å². The van der Waals surface area contributed by atoms with Crippen LogP contribution in [0.3, 0.4) is 0 Å². The molecule has 70 valence electrons. The molecule has 0 aromatic rings. The average Bonchev–Trinajstić information content (AvgIpc) is 2.64. The van der Waals surface area contributed by atoms with Gasteiger partial charge in [-0.15, -0.1) is 0 Å². The third-order valence-electron chi connectivity index (χ3n) is 3.52. The van der Waals surface area contributed by atoms with Gasteiger partial charge in [0.2, 0.25) is 0 Å². The number of fused-ring (bicyclic) bond motifs is 2. The Bertz CT molecular complexity index is 177. The first kappa shape index (κ1) is 8.52. The van der Waals surface area contributed by atoms with Crippen LogP contribution in [0.25, 0.3) is 0 Å². The molecule has 0 aliphatic carbocycles. The van der Waals surface area contributed by atoms with Crippen LogP contribution in [0.2, 0.25) is 0 Å². The molecule has 2 heterocycles. The van der Waals surface area contributed by atoms with Crippen LogP contribution in [0.15, 0.2) is 0 Å². The van der Waals surface area contributed by atoms with Crippen molar-refractivity contribution < 1.29 is 9.84 Å². The molecule has 0 aromatic carbocycles. The van der Waals surface area contributed by atoms with E-state index in [9.17, 15) is 5.11 Å². The molecule has 0 spiro atoms. The zero-order valence-corrected chi connectivity index (χ0v) is 7.92. The summed E-state index contributed by atoms with van der Waals surface area (Å²) in [6, 6.07) is 0. The number of rotatable bonds is 2. The standard InChI is InChI=1S/C10H18O2/c1-10(2,6-11)8-5-7-3-4-9(8)12-7/h7-9,11H,3-6H2,1-2H3. The molecule has 3 unspecified atom stereocenters. The second kappa shape index (κ2) is 2.71. The summed E-state index contributed by atoms with van der Waals surface area (Å²) in [4.78, 5) is 0. The Morgan fingerprint density at radius 3 is 2.58 bits per heavy atom. The largest absolute Gasteiger partial charge is 0.396 e. The van der Waals surface area contributed by atoms with E-state index in [0.717, 1.165) is 6.42 Å². The molecule has 1 N–H and O–H groups in total. The van der Waals surface area contributed by atoms with Crippen LogP contribution in [-0.2, 0) is 4.74 Å². The van der Waals surface area contributed by atoms with Crippen molar-refractivity contribution >= 4 is 0 Å². The van der Waals surface area contributed by atoms with Gasteiger partial charge in [-0.05, 0) is 30.6 Å². The van der Waals surface area contributed by atoms with E-state index < -0.39 is 0 Å². The van der Waals surface area contributed by atoms with E-state index >= 15 is 0 Å². The first-order chi connectivity index (χ1) is 5.63. The molecule has 2 saturated heterocycles. The van der Waals surface area contributed by atoms with Gasteiger partial charge in [-0.25, -0.2) is 0 Å². The minimum atomic E-state index is 0.0554. The Morgan fingerprint density at radius 1 is 1.42 bits per heavy atom. The number of aliphatic hydroxyl groups is 1. The van der Waals surface area contributed by atoms with Gasteiger partial charge < -0.3 is 9.84 Å². The quantitative estimate of drug-likeness (QED) is 0.681. The Morgan fingerprint density at radius 2 is 2.17 bits per heavy atom. The van der Waals surface area contributed by atoms with Crippen LogP contribution >= 0.6 is 0 Å². The molecule has 2 fully saturated rings. The van der Waals surface area contributed by atoms with Crippen molar-refractivity contribution in [2.75, 3.05) is 6.61 Å². The number of hydrogen-bond donors (Lipinski definition) is 1. The molecular formula is C10H18O2. The predicted octanol–water partition coefficient (Wildman–Crippen LogP) is 1.57. The fraction of sp³-hybridized carbons (Fsp3) is 1.00. The van der Waals surface area contributed by atoms with Crippen LogP contribution in [0.1, 0.15) is 33.1 Å². The first-order valence-electron chi connectivity index (χ1n) is 4.90. The molecule has 0 radical (unpaired) electrons. The summed E-state index contributed by atoms with van der Waals surface area (Å²) in [5.41, 5.74) is 0.0554. The molecule has 2 heteroatoms. The van der Waals surface area contributed by atoms with Crippen molar-refractivity contribution in [3.63, 3.8) is 0 Å². The average molecular weight is 170 g/mol. The summed E-state index contributed by atoms with van der Waals surface area (Å²) in [6.45, 7) is 4.56.